The summed E-state index contributed by atoms with van der Waals surface area (Å²) in [7, 11) is 1.52. The smallest absolute Gasteiger partial charge is 0.258 e. The molecule has 1 heterocycles. The third-order valence-electron chi connectivity index (χ3n) is 2.44. The van der Waals surface area contributed by atoms with E-state index in [0.29, 0.717) is 0 Å². The minimum Gasteiger partial charge on any atom is -0.367 e. The molecule has 0 saturated carbocycles. The van der Waals surface area contributed by atoms with Crippen molar-refractivity contribution in [1.82, 2.24) is 4.98 Å². The lowest BCUT2D eigenvalue weighted by Crippen LogP contribution is -2.22. The fraction of sp³-hybridized carbons (Fsp3) is 0.231. The van der Waals surface area contributed by atoms with Crippen LogP contribution in [0.1, 0.15) is 16.7 Å². The van der Waals surface area contributed by atoms with Gasteiger partial charge >= 0.3 is 0 Å². The second-order valence-electron chi connectivity index (χ2n) is 3.76. The van der Waals surface area contributed by atoms with Crippen LogP contribution in [0.25, 0.3) is 0 Å². The number of nitrogens with zero attached hydrogens (tertiary/aromatic N) is 1. The van der Waals surface area contributed by atoms with Gasteiger partial charge in [-0.2, -0.15) is 0 Å². The summed E-state index contributed by atoms with van der Waals surface area (Å²) >= 11 is 1.44. The molecule has 0 aliphatic carbocycles. The van der Waals surface area contributed by atoms with Gasteiger partial charge in [-0.15, -0.1) is 11.3 Å². The van der Waals surface area contributed by atoms with Crippen LogP contribution in [0, 0.1) is 6.92 Å². The van der Waals surface area contributed by atoms with Crippen molar-refractivity contribution in [1.29, 1.82) is 0 Å². The average Bonchev–Trinajstić information content (AvgIpc) is 2.77. The number of benzene rings is 1. The predicted octanol–water partition coefficient (Wildman–Crippen LogP) is 2.78. The third kappa shape index (κ3) is 2.94. The molecule has 1 amide bonds. The lowest BCUT2D eigenvalue weighted by Gasteiger charge is -2.14. The number of ether oxygens (including phenoxy) is 1. The van der Waals surface area contributed by atoms with E-state index in [1.165, 1.54) is 18.4 Å². The largest absolute Gasteiger partial charge is 0.367 e. The second-order valence-corrected chi connectivity index (χ2v) is 4.99. The van der Waals surface area contributed by atoms with Crippen LogP contribution in [0.3, 0.4) is 0 Å². The fourth-order valence-corrected chi connectivity index (χ4v) is 2.31. The zero-order valence-electron chi connectivity index (χ0n) is 10.2. The van der Waals surface area contributed by atoms with Crippen molar-refractivity contribution in [3.05, 3.63) is 47.1 Å². The van der Waals surface area contributed by atoms with Crippen LogP contribution in [-0.2, 0) is 9.53 Å². The summed E-state index contributed by atoms with van der Waals surface area (Å²) < 4.78 is 5.25. The van der Waals surface area contributed by atoms with Crippen LogP contribution in [0.5, 0.6) is 0 Å². The fourth-order valence-electron chi connectivity index (χ4n) is 1.63. The van der Waals surface area contributed by atoms with E-state index in [1.807, 2.05) is 37.3 Å². The first-order valence-electron chi connectivity index (χ1n) is 5.51. The van der Waals surface area contributed by atoms with Gasteiger partial charge in [0, 0.05) is 7.11 Å². The molecule has 5 heteroatoms. The van der Waals surface area contributed by atoms with Crippen LogP contribution in [0.4, 0.5) is 5.00 Å². The Labute approximate surface area is 110 Å². The molecular weight excluding hydrogens is 248 g/mol. The molecule has 0 aliphatic heterocycles. The Morgan fingerprint density at radius 3 is 2.67 bits per heavy atom. The number of rotatable bonds is 4. The summed E-state index contributed by atoms with van der Waals surface area (Å²) in [5.41, 5.74) is 0.832. The topological polar surface area (TPSA) is 51.2 Å². The molecule has 0 fully saturated rings. The molecule has 0 spiro atoms. The number of hydrogen-bond acceptors (Lipinski definition) is 4. The van der Waals surface area contributed by atoms with E-state index in [1.54, 1.807) is 6.20 Å². The van der Waals surface area contributed by atoms with Gasteiger partial charge in [-0.3, -0.25) is 4.79 Å². The van der Waals surface area contributed by atoms with Gasteiger partial charge in [0.15, 0.2) is 6.10 Å². The zero-order valence-corrected chi connectivity index (χ0v) is 11.0. The van der Waals surface area contributed by atoms with Gasteiger partial charge in [-0.05, 0) is 12.5 Å². The number of carbonyl (C=O) groups is 1. The second kappa shape index (κ2) is 5.75. The molecule has 1 unspecified atom stereocenters. The van der Waals surface area contributed by atoms with Crippen molar-refractivity contribution in [2.75, 3.05) is 12.4 Å². The van der Waals surface area contributed by atoms with E-state index in [2.05, 4.69) is 10.3 Å². The van der Waals surface area contributed by atoms with Crippen LogP contribution < -0.4 is 5.32 Å². The van der Waals surface area contributed by atoms with Crippen LogP contribution in [-0.4, -0.2) is 18.0 Å². The summed E-state index contributed by atoms with van der Waals surface area (Å²) in [5.74, 6) is -0.188. The first-order chi connectivity index (χ1) is 8.70. The summed E-state index contributed by atoms with van der Waals surface area (Å²) in [5, 5.41) is 4.45. The highest BCUT2D eigenvalue weighted by Gasteiger charge is 2.20. The first-order valence-corrected chi connectivity index (χ1v) is 6.33. The van der Waals surface area contributed by atoms with E-state index in [-0.39, 0.29) is 5.91 Å². The van der Waals surface area contributed by atoms with E-state index in [0.717, 1.165) is 15.6 Å². The van der Waals surface area contributed by atoms with E-state index in [9.17, 15) is 4.79 Å². The molecule has 18 heavy (non-hydrogen) atoms. The molecule has 0 bridgehead atoms. The Balaban J connectivity index is 2.11. The maximum atomic E-state index is 12.1. The molecular formula is C13H14N2O2S. The lowest BCUT2D eigenvalue weighted by molar-refractivity contribution is -0.126. The Bertz CT molecular complexity index is 525. The van der Waals surface area contributed by atoms with Gasteiger partial charge < -0.3 is 10.1 Å². The van der Waals surface area contributed by atoms with Crippen molar-refractivity contribution in [2.24, 2.45) is 0 Å². The highest BCUT2D eigenvalue weighted by atomic mass is 32.1. The van der Waals surface area contributed by atoms with Crippen molar-refractivity contribution < 1.29 is 9.53 Å². The molecule has 1 aromatic heterocycles. The Hall–Kier alpha value is -1.72. The minimum atomic E-state index is -0.603. The number of hydrogen-bond donors (Lipinski definition) is 1. The first kappa shape index (κ1) is 12.7. The quantitative estimate of drug-likeness (QED) is 0.921. The standard InChI is InChI=1S/C13H14N2O2S/c1-9-14-8-11(18-9)15-13(16)12(17-2)10-6-4-3-5-7-10/h3-8,12H,1-2H3,(H,15,16). The molecule has 1 N–H and O–H groups in total. The Morgan fingerprint density at radius 2 is 2.11 bits per heavy atom. The average molecular weight is 262 g/mol. The third-order valence-corrected chi connectivity index (χ3v) is 3.27. The molecule has 2 aromatic rings. The molecule has 0 aliphatic rings. The number of carbonyl (C=O) groups excluding carboxylic acids is 1. The number of anilines is 1. The number of nitrogens with one attached hydrogen (secondary N) is 1. The van der Waals surface area contributed by atoms with Crippen LogP contribution in [0.2, 0.25) is 0 Å². The van der Waals surface area contributed by atoms with Gasteiger partial charge in [0.05, 0.1) is 11.2 Å². The van der Waals surface area contributed by atoms with Crippen molar-refractivity contribution >= 4 is 22.2 Å². The number of thiazole rings is 1. The van der Waals surface area contributed by atoms with E-state index in [4.69, 9.17) is 4.74 Å². The predicted molar refractivity (Wildman–Crippen MR) is 71.7 cm³/mol. The summed E-state index contributed by atoms with van der Waals surface area (Å²) in [6.07, 6.45) is 1.05. The van der Waals surface area contributed by atoms with Gasteiger partial charge in [0.25, 0.3) is 5.91 Å². The lowest BCUT2D eigenvalue weighted by atomic mass is 10.1. The normalized spacial score (nSPS) is 12.1. The summed E-state index contributed by atoms with van der Waals surface area (Å²) in [6, 6.07) is 9.40. The number of methoxy groups -OCH3 is 1. The molecule has 1 atom stereocenters. The van der Waals surface area contributed by atoms with Crippen molar-refractivity contribution in [2.45, 2.75) is 13.0 Å². The maximum absolute atomic E-state index is 12.1. The maximum Gasteiger partial charge on any atom is 0.258 e. The zero-order chi connectivity index (χ0) is 13.0. The van der Waals surface area contributed by atoms with Crippen molar-refractivity contribution in [3.8, 4) is 0 Å². The van der Waals surface area contributed by atoms with Gasteiger partial charge in [0.2, 0.25) is 0 Å². The molecule has 4 nitrogen and oxygen atoms in total. The molecule has 0 radical (unpaired) electrons. The van der Waals surface area contributed by atoms with Crippen LogP contribution >= 0.6 is 11.3 Å². The van der Waals surface area contributed by atoms with Gasteiger partial charge in [-0.1, -0.05) is 30.3 Å². The molecule has 0 saturated heterocycles. The van der Waals surface area contributed by atoms with Gasteiger partial charge in [-0.25, -0.2) is 4.98 Å². The van der Waals surface area contributed by atoms with E-state index >= 15 is 0 Å². The summed E-state index contributed by atoms with van der Waals surface area (Å²) in [4.78, 5) is 16.2. The van der Waals surface area contributed by atoms with E-state index < -0.39 is 6.10 Å². The number of aromatic nitrogens is 1. The molecule has 2 rings (SSSR count). The highest BCUT2D eigenvalue weighted by molar-refractivity contribution is 7.15. The van der Waals surface area contributed by atoms with Crippen molar-refractivity contribution in [3.63, 3.8) is 0 Å². The summed E-state index contributed by atoms with van der Waals surface area (Å²) in [6.45, 7) is 1.89. The number of amides is 1. The SMILES string of the molecule is COC(C(=O)Nc1cnc(C)s1)c1ccccc1. The Morgan fingerprint density at radius 1 is 1.39 bits per heavy atom. The van der Waals surface area contributed by atoms with Gasteiger partial charge in [0.1, 0.15) is 5.00 Å². The molecule has 1 aromatic carbocycles. The Kier molecular flexibility index (Phi) is 4.07. The number of aryl methyl sites for hydroxylation is 1. The minimum absolute atomic E-state index is 0.188. The molecule has 94 valence electrons. The van der Waals surface area contributed by atoms with Crippen LogP contribution in [0.15, 0.2) is 36.5 Å². The monoisotopic (exact) mass is 262 g/mol. The highest BCUT2D eigenvalue weighted by Crippen LogP contribution is 2.22.